The molecule has 5 aromatic rings. The highest BCUT2D eigenvalue weighted by molar-refractivity contribution is 5.91. The van der Waals surface area contributed by atoms with Gasteiger partial charge in [0.15, 0.2) is 0 Å². The molecule has 0 fully saturated rings. The van der Waals surface area contributed by atoms with Crippen LogP contribution in [0.15, 0.2) is 89.7 Å². The Kier molecular flexibility index (Phi) is 7.29. The number of methoxy groups -OCH3 is 1. The van der Waals surface area contributed by atoms with Crippen LogP contribution in [-0.2, 0) is 11.3 Å². The molecule has 0 aliphatic carbocycles. The number of amides is 1. The molecule has 2 aromatic heterocycles. The molecule has 5 rings (SSSR count). The molecule has 0 aliphatic rings. The summed E-state index contributed by atoms with van der Waals surface area (Å²) in [5, 5.41) is 7.72. The molecule has 0 bridgehead atoms. The monoisotopic (exact) mass is 521 g/mol. The Hall–Kier alpha value is -4.69. The summed E-state index contributed by atoms with van der Waals surface area (Å²) in [6, 6.07) is 26.2. The van der Waals surface area contributed by atoms with Crippen molar-refractivity contribution in [1.82, 2.24) is 19.9 Å². The Morgan fingerprint density at radius 2 is 1.51 bits per heavy atom. The smallest absolute Gasteiger partial charge is 0.282 e. The number of rotatable bonds is 8. The number of carbonyl (C=O) groups excluding carboxylic acids is 1. The van der Waals surface area contributed by atoms with Crippen molar-refractivity contribution in [2.24, 2.45) is 11.7 Å². The van der Waals surface area contributed by atoms with Gasteiger partial charge in [-0.1, -0.05) is 86.6 Å². The summed E-state index contributed by atoms with van der Waals surface area (Å²) in [4.78, 5) is 30.3. The maximum Gasteiger partial charge on any atom is 0.282 e. The van der Waals surface area contributed by atoms with Crippen molar-refractivity contribution < 1.29 is 9.53 Å². The molecule has 1 atom stereocenters. The summed E-state index contributed by atoms with van der Waals surface area (Å²) in [7, 11) is 1.59. The number of ether oxygens (including phenoxy) is 1. The second-order valence-corrected chi connectivity index (χ2v) is 9.72. The third-order valence-corrected chi connectivity index (χ3v) is 6.81. The zero-order valence-electron chi connectivity index (χ0n) is 22.1. The van der Waals surface area contributed by atoms with Gasteiger partial charge in [-0.05, 0) is 29.2 Å². The van der Waals surface area contributed by atoms with E-state index >= 15 is 0 Å². The molecule has 198 valence electrons. The summed E-state index contributed by atoms with van der Waals surface area (Å²) < 4.78 is 6.72. The molecule has 2 heterocycles. The molecule has 8 nitrogen and oxygen atoms in total. The zero-order chi connectivity index (χ0) is 27.5. The summed E-state index contributed by atoms with van der Waals surface area (Å²) in [5.74, 6) is 0.361. The molecule has 3 aromatic carbocycles. The van der Waals surface area contributed by atoms with Crippen molar-refractivity contribution in [3.05, 3.63) is 101 Å². The second-order valence-electron chi connectivity index (χ2n) is 9.72. The first kappa shape index (κ1) is 25.9. The maximum atomic E-state index is 14.1. The first-order valence-electron chi connectivity index (χ1n) is 12.9. The number of aromatic nitrogens is 3. The molecule has 0 aliphatic heterocycles. The molecule has 8 heteroatoms. The minimum Gasteiger partial charge on any atom is -0.497 e. The number of hydrogen-bond acceptors (Lipinski definition) is 5. The van der Waals surface area contributed by atoms with Gasteiger partial charge in [-0.3, -0.25) is 9.59 Å². The van der Waals surface area contributed by atoms with E-state index in [4.69, 9.17) is 15.6 Å². The van der Waals surface area contributed by atoms with E-state index in [1.54, 1.807) is 19.2 Å². The van der Waals surface area contributed by atoms with Crippen LogP contribution >= 0.6 is 0 Å². The van der Waals surface area contributed by atoms with E-state index in [2.05, 4.69) is 10.3 Å². The van der Waals surface area contributed by atoms with E-state index in [1.807, 2.05) is 86.6 Å². The Morgan fingerprint density at radius 3 is 2.10 bits per heavy atom. The molecule has 0 unspecified atom stereocenters. The minimum absolute atomic E-state index is 0.0273. The number of carbonyl (C=O) groups is 1. The topological polar surface area (TPSA) is 115 Å². The summed E-state index contributed by atoms with van der Waals surface area (Å²) in [6.45, 7) is 3.88. The standard InChI is InChI=1S/C31H31N5O3/c1-19(2)27(32)30(37)33-18-24-25(21-14-16-23(39-3)17-15-21)31(38)36-29(34-24)26(20-10-6-4-7-11-20)28(35-36)22-12-8-5-9-13-22/h4-17,19,27,34H,18,32H2,1-3H3,(H,33,37)/t27-/m0/s1. The van der Waals surface area contributed by atoms with Gasteiger partial charge in [-0.2, -0.15) is 9.61 Å². The van der Waals surface area contributed by atoms with Crippen molar-refractivity contribution >= 4 is 11.6 Å². The fraction of sp³-hybridized carbons (Fsp3) is 0.194. The van der Waals surface area contributed by atoms with E-state index in [1.165, 1.54) is 4.52 Å². The predicted octanol–water partition coefficient (Wildman–Crippen LogP) is 4.63. The average molecular weight is 522 g/mol. The molecular formula is C31H31N5O3. The van der Waals surface area contributed by atoms with E-state index < -0.39 is 6.04 Å². The quantitative estimate of drug-likeness (QED) is 0.275. The van der Waals surface area contributed by atoms with Crippen LogP contribution in [0.1, 0.15) is 19.5 Å². The molecule has 0 radical (unpaired) electrons. The molecule has 1 amide bonds. The highest BCUT2D eigenvalue weighted by Gasteiger charge is 2.24. The number of aromatic amines is 1. The molecule has 0 spiro atoms. The second kappa shape index (κ2) is 11.0. The molecule has 39 heavy (non-hydrogen) atoms. The van der Waals surface area contributed by atoms with Gasteiger partial charge in [0.2, 0.25) is 5.91 Å². The van der Waals surface area contributed by atoms with Gasteiger partial charge in [-0.15, -0.1) is 0 Å². The molecule has 0 saturated heterocycles. The SMILES string of the molecule is COc1ccc(-c2c(CNC(=O)[C@@H](N)C(C)C)[nH]c3c(-c4ccccc4)c(-c4ccccc4)nn3c2=O)cc1. The lowest BCUT2D eigenvalue weighted by Gasteiger charge is -2.17. The predicted molar refractivity (Wildman–Crippen MR) is 153 cm³/mol. The van der Waals surface area contributed by atoms with Crippen molar-refractivity contribution in [1.29, 1.82) is 0 Å². The van der Waals surface area contributed by atoms with Crippen LogP contribution in [0.25, 0.3) is 39.2 Å². The van der Waals surface area contributed by atoms with E-state index in [0.717, 1.165) is 16.7 Å². The van der Waals surface area contributed by atoms with Crippen molar-refractivity contribution in [3.63, 3.8) is 0 Å². The Morgan fingerprint density at radius 1 is 0.923 bits per heavy atom. The Balaban J connectivity index is 1.76. The van der Waals surface area contributed by atoms with E-state index in [9.17, 15) is 9.59 Å². The summed E-state index contributed by atoms with van der Waals surface area (Å²) in [6.07, 6.45) is 0. The lowest BCUT2D eigenvalue weighted by molar-refractivity contribution is -0.123. The third-order valence-electron chi connectivity index (χ3n) is 6.81. The Bertz CT molecular complexity index is 1660. The van der Waals surface area contributed by atoms with Gasteiger partial charge >= 0.3 is 0 Å². The van der Waals surface area contributed by atoms with Crippen LogP contribution in [-0.4, -0.2) is 33.7 Å². The van der Waals surface area contributed by atoms with Crippen LogP contribution in [0.4, 0.5) is 0 Å². The van der Waals surface area contributed by atoms with Crippen LogP contribution < -0.4 is 21.3 Å². The van der Waals surface area contributed by atoms with Crippen molar-refractivity contribution in [2.75, 3.05) is 7.11 Å². The first-order chi connectivity index (χ1) is 18.9. The van der Waals surface area contributed by atoms with Gasteiger partial charge in [0.25, 0.3) is 5.56 Å². The summed E-state index contributed by atoms with van der Waals surface area (Å²) >= 11 is 0. The van der Waals surface area contributed by atoms with Crippen molar-refractivity contribution in [2.45, 2.75) is 26.4 Å². The number of nitrogens with zero attached hydrogens (tertiary/aromatic N) is 2. The highest BCUT2D eigenvalue weighted by Crippen LogP contribution is 2.35. The fourth-order valence-electron chi connectivity index (χ4n) is 4.58. The normalized spacial score (nSPS) is 12.0. The summed E-state index contributed by atoms with van der Waals surface area (Å²) in [5.41, 5.74) is 11.2. The Labute approximate surface area is 226 Å². The largest absolute Gasteiger partial charge is 0.497 e. The van der Waals surface area contributed by atoms with Gasteiger partial charge in [0, 0.05) is 11.3 Å². The number of nitrogens with one attached hydrogen (secondary N) is 2. The van der Waals surface area contributed by atoms with Crippen LogP contribution in [0.3, 0.4) is 0 Å². The zero-order valence-corrected chi connectivity index (χ0v) is 22.1. The number of H-pyrrole nitrogens is 1. The van der Waals surface area contributed by atoms with Crippen LogP contribution in [0.2, 0.25) is 0 Å². The lowest BCUT2D eigenvalue weighted by Crippen LogP contribution is -2.43. The fourth-order valence-corrected chi connectivity index (χ4v) is 4.58. The number of benzene rings is 3. The number of hydrogen-bond donors (Lipinski definition) is 3. The van der Waals surface area contributed by atoms with Crippen LogP contribution in [0.5, 0.6) is 5.75 Å². The van der Waals surface area contributed by atoms with Crippen LogP contribution in [0, 0.1) is 5.92 Å². The van der Waals surface area contributed by atoms with E-state index in [0.29, 0.717) is 33.9 Å². The highest BCUT2D eigenvalue weighted by atomic mass is 16.5. The van der Waals surface area contributed by atoms with E-state index in [-0.39, 0.29) is 23.9 Å². The molecular weight excluding hydrogens is 490 g/mol. The maximum absolute atomic E-state index is 14.1. The lowest BCUT2D eigenvalue weighted by atomic mass is 10.0. The average Bonchev–Trinajstić information content (AvgIpc) is 3.36. The first-order valence-corrected chi connectivity index (χ1v) is 12.9. The van der Waals surface area contributed by atoms with Gasteiger partial charge in [0.05, 0.1) is 30.8 Å². The van der Waals surface area contributed by atoms with Crippen molar-refractivity contribution in [3.8, 4) is 39.3 Å². The number of fused-ring (bicyclic) bond motifs is 1. The van der Waals surface area contributed by atoms with Gasteiger partial charge in [0.1, 0.15) is 17.1 Å². The minimum atomic E-state index is -0.663. The molecule has 0 saturated carbocycles. The van der Waals surface area contributed by atoms with Gasteiger partial charge < -0.3 is 20.8 Å². The van der Waals surface area contributed by atoms with Gasteiger partial charge in [-0.25, -0.2) is 0 Å². The molecule has 4 N–H and O–H groups in total. The number of nitrogens with two attached hydrogens (primary N) is 1. The third kappa shape index (κ3) is 5.06.